The first kappa shape index (κ1) is 17.4. The number of carboxylic acids is 1. The molecule has 0 fully saturated rings. The second-order valence-electron chi connectivity index (χ2n) is 3.88. The molecule has 0 atom stereocenters. The van der Waals surface area contributed by atoms with Crippen LogP contribution in [0, 0.1) is 0 Å². The van der Waals surface area contributed by atoms with Crippen LogP contribution in [0.25, 0.3) is 0 Å². The fourth-order valence-electron chi connectivity index (χ4n) is 1.45. The molecule has 0 aromatic heterocycles. The standard InChI is InChI=1S/C12H13Br2N3O4/c1-2-15-9(18)5-16-12(21)17-10-7(11(19)20)3-6(13)4-8(10)14/h3-4H,2,5H2,1H3,(H,15,18)(H,19,20)(H2,16,17,21). The molecule has 9 heteroatoms. The van der Waals surface area contributed by atoms with Crippen LogP contribution in [0.5, 0.6) is 0 Å². The van der Waals surface area contributed by atoms with E-state index in [1.165, 1.54) is 6.07 Å². The van der Waals surface area contributed by atoms with Gasteiger partial charge >= 0.3 is 12.0 Å². The van der Waals surface area contributed by atoms with Crippen molar-refractivity contribution in [3.05, 3.63) is 26.6 Å². The number of likely N-dealkylation sites (N-methyl/N-ethyl adjacent to an activating group) is 1. The average molecular weight is 423 g/mol. The van der Waals surface area contributed by atoms with E-state index in [1.54, 1.807) is 13.0 Å². The normalized spacial score (nSPS) is 9.86. The Hall–Kier alpha value is -1.61. The van der Waals surface area contributed by atoms with Crippen LogP contribution in [0.15, 0.2) is 21.1 Å². The zero-order valence-corrected chi connectivity index (χ0v) is 14.2. The van der Waals surface area contributed by atoms with Gasteiger partial charge in [-0.2, -0.15) is 0 Å². The molecule has 0 aliphatic heterocycles. The molecule has 0 bridgehead atoms. The second kappa shape index (κ2) is 7.99. The first-order chi connectivity index (χ1) is 9.85. The Bertz CT molecular complexity index is 578. The van der Waals surface area contributed by atoms with Crippen LogP contribution in [0.3, 0.4) is 0 Å². The molecule has 114 valence electrons. The van der Waals surface area contributed by atoms with Crippen molar-refractivity contribution in [2.45, 2.75) is 6.92 Å². The number of anilines is 1. The number of halogens is 2. The Balaban J connectivity index is 2.80. The minimum absolute atomic E-state index is 0.0793. The van der Waals surface area contributed by atoms with Gasteiger partial charge in [-0.25, -0.2) is 9.59 Å². The summed E-state index contributed by atoms with van der Waals surface area (Å²) >= 11 is 6.36. The van der Waals surface area contributed by atoms with Gasteiger partial charge in [0.15, 0.2) is 0 Å². The highest BCUT2D eigenvalue weighted by Crippen LogP contribution is 2.30. The highest BCUT2D eigenvalue weighted by Gasteiger charge is 2.17. The van der Waals surface area contributed by atoms with Crippen LogP contribution >= 0.6 is 31.9 Å². The predicted molar refractivity (Wildman–Crippen MR) is 84.5 cm³/mol. The summed E-state index contributed by atoms with van der Waals surface area (Å²) in [5.74, 6) is -1.52. The van der Waals surface area contributed by atoms with Gasteiger partial charge in [0.1, 0.15) is 0 Å². The molecule has 1 rings (SSSR count). The average Bonchev–Trinajstić information content (AvgIpc) is 2.39. The highest BCUT2D eigenvalue weighted by atomic mass is 79.9. The Labute approximate surface area is 137 Å². The van der Waals surface area contributed by atoms with Gasteiger partial charge in [0.05, 0.1) is 17.8 Å². The van der Waals surface area contributed by atoms with E-state index in [0.29, 0.717) is 15.5 Å². The number of benzene rings is 1. The third-order valence-corrected chi connectivity index (χ3v) is 3.39. The van der Waals surface area contributed by atoms with E-state index in [1.807, 2.05) is 0 Å². The van der Waals surface area contributed by atoms with E-state index in [4.69, 9.17) is 5.11 Å². The SMILES string of the molecule is CCNC(=O)CNC(=O)Nc1c(Br)cc(Br)cc1C(=O)O. The van der Waals surface area contributed by atoms with Gasteiger partial charge in [-0.15, -0.1) is 0 Å². The van der Waals surface area contributed by atoms with Crippen LogP contribution in [-0.4, -0.2) is 36.1 Å². The highest BCUT2D eigenvalue weighted by molar-refractivity contribution is 9.11. The molecule has 21 heavy (non-hydrogen) atoms. The Morgan fingerprint density at radius 2 is 1.86 bits per heavy atom. The molecule has 0 saturated heterocycles. The molecule has 1 aromatic rings. The van der Waals surface area contributed by atoms with Crippen molar-refractivity contribution in [1.29, 1.82) is 0 Å². The largest absolute Gasteiger partial charge is 0.478 e. The first-order valence-electron chi connectivity index (χ1n) is 5.89. The van der Waals surface area contributed by atoms with Gasteiger partial charge in [-0.3, -0.25) is 4.79 Å². The molecule has 3 amide bonds. The van der Waals surface area contributed by atoms with Crippen molar-refractivity contribution in [2.75, 3.05) is 18.4 Å². The lowest BCUT2D eigenvalue weighted by molar-refractivity contribution is -0.119. The third-order valence-electron chi connectivity index (χ3n) is 2.31. The summed E-state index contributed by atoms with van der Waals surface area (Å²) in [7, 11) is 0. The molecule has 0 spiro atoms. The van der Waals surface area contributed by atoms with Gasteiger partial charge in [0.25, 0.3) is 0 Å². The van der Waals surface area contributed by atoms with Crippen LogP contribution < -0.4 is 16.0 Å². The van der Waals surface area contributed by atoms with Crippen molar-refractivity contribution in [3.63, 3.8) is 0 Å². The predicted octanol–water partition coefficient (Wildman–Crippen LogP) is 2.17. The van der Waals surface area contributed by atoms with Crippen LogP contribution in [0.2, 0.25) is 0 Å². The number of urea groups is 1. The lowest BCUT2D eigenvalue weighted by Crippen LogP contribution is -2.39. The molecule has 0 heterocycles. The topological polar surface area (TPSA) is 108 Å². The van der Waals surface area contributed by atoms with Crippen molar-refractivity contribution >= 4 is 55.5 Å². The maximum atomic E-state index is 11.7. The summed E-state index contributed by atoms with van der Waals surface area (Å²) in [6.07, 6.45) is 0. The fourth-order valence-corrected chi connectivity index (χ4v) is 2.77. The Kier molecular flexibility index (Phi) is 6.63. The van der Waals surface area contributed by atoms with Gasteiger partial charge in [-0.05, 0) is 35.0 Å². The summed E-state index contributed by atoms with van der Waals surface area (Å²) in [5.41, 5.74) is 0.0310. The molecule has 0 saturated carbocycles. The number of rotatable bonds is 5. The van der Waals surface area contributed by atoms with Crippen LogP contribution in [0.1, 0.15) is 17.3 Å². The molecule has 0 unspecified atom stereocenters. The summed E-state index contributed by atoms with van der Waals surface area (Å²) in [4.78, 5) is 34.1. The van der Waals surface area contributed by atoms with Gasteiger partial charge < -0.3 is 21.1 Å². The van der Waals surface area contributed by atoms with E-state index in [9.17, 15) is 14.4 Å². The smallest absolute Gasteiger partial charge is 0.337 e. The first-order valence-corrected chi connectivity index (χ1v) is 7.47. The molecule has 1 aromatic carbocycles. The van der Waals surface area contributed by atoms with Crippen molar-refractivity contribution in [3.8, 4) is 0 Å². The molecule has 4 N–H and O–H groups in total. The number of hydrogen-bond donors (Lipinski definition) is 4. The van der Waals surface area contributed by atoms with E-state index >= 15 is 0 Å². The summed E-state index contributed by atoms with van der Waals surface area (Å²) in [6, 6.07) is 2.30. The van der Waals surface area contributed by atoms with Crippen molar-refractivity contribution in [2.24, 2.45) is 0 Å². The minimum atomic E-state index is -1.18. The summed E-state index contributed by atoms with van der Waals surface area (Å²) < 4.78 is 0.961. The van der Waals surface area contributed by atoms with E-state index in [-0.39, 0.29) is 23.7 Å². The van der Waals surface area contributed by atoms with Crippen LogP contribution in [-0.2, 0) is 4.79 Å². The zero-order valence-electron chi connectivity index (χ0n) is 11.0. The summed E-state index contributed by atoms with van der Waals surface area (Å²) in [5, 5.41) is 16.4. The molecule has 0 aliphatic carbocycles. The monoisotopic (exact) mass is 421 g/mol. The van der Waals surface area contributed by atoms with Crippen molar-refractivity contribution < 1.29 is 19.5 Å². The molecule has 0 aliphatic rings. The Morgan fingerprint density at radius 3 is 2.43 bits per heavy atom. The van der Waals surface area contributed by atoms with Gasteiger partial charge in [-0.1, -0.05) is 15.9 Å². The van der Waals surface area contributed by atoms with Crippen LogP contribution in [0.4, 0.5) is 10.5 Å². The van der Waals surface area contributed by atoms with E-state index in [2.05, 4.69) is 47.8 Å². The molecule has 0 radical (unpaired) electrons. The summed E-state index contributed by atoms with van der Waals surface area (Å²) in [6.45, 7) is 2.02. The molecule has 7 nitrogen and oxygen atoms in total. The molecular formula is C12H13Br2N3O4. The van der Waals surface area contributed by atoms with Crippen molar-refractivity contribution in [1.82, 2.24) is 10.6 Å². The maximum absolute atomic E-state index is 11.7. The minimum Gasteiger partial charge on any atom is -0.478 e. The van der Waals surface area contributed by atoms with Gasteiger partial charge in [0.2, 0.25) is 5.91 Å². The quantitative estimate of drug-likeness (QED) is 0.583. The van der Waals surface area contributed by atoms with E-state index in [0.717, 1.165) is 0 Å². The van der Waals surface area contributed by atoms with E-state index < -0.39 is 12.0 Å². The third kappa shape index (κ3) is 5.35. The van der Waals surface area contributed by atoms with Gasteiger partial charge in [0, 0.05) is 15.5 Å². The number of carbonyl (C=O) groups is 3. The number of carboxylic acid groups (broad SMARTS) is 1. The fraction of sp³-hybridized carbons (Fsp3) is 0.250. The number of nitrogens with one attached hydrogen (secondary N) is 3. The second-order valence-corrected chi connectivity index (χ2v) is 5.65. The molecular weight excluding hydrogens is 410 g/mol. The number of hydrogen-bond acceptors (Lipinski definition) is 3. The lowest BCUT2D eigenvalue weighted by Gasteiger charge is -2.12. The Morgan fingerprint density at radius 1 is 1.19 bits per heavy atom. The number of amides is 3. The lowest BCUT2D eigenvalue weighted by atomic mass is 10.2. The zero-order chi connectivity index (χ0) is 16.0. The number of carbonyl (C=O) groups excluding carboxylic acids is 2. The maximum Gasteiger partial charge on any atom is 0.337 e. The number of aromatic carboxylic acids is 1.